The largest absolute Gasteiger partial charge is 0.384 e. The van der Waals surface area contributed by atoms with E-state index in [0.717, 1.165) is 22.3 Å². The predicted octanol–water partition coefficient (Wildman–Crippen LogP) is 1.95. The highest BCUT2D eigenvalue weighted by Crippen LogP contribution is 2.29. The fourth-order valence-corrected chi connectivity index (χ4v) is 6.17. The summed E-state index contributed by atoms with van der Waals surface area (Å²) in [6, 6.07) is 3.17. The van der Waals surface area contributed by atoms with Gasteiger partial charge in [-0.05, 0) is 12.1 Å². The first kappa shape index (κ1) is 18.0. The number of thiophene rings is 1. The average Bonchev–Trinajstić information content (AvgIpc) is 3.22. The van der Waals surface area contributed by atoms with Crippen LogP contribution in [0.4, 0.5) is 5.13 Å². The van der Waals surface area contributed by atoms with Gasteiger partial charge in [0.25, 0.3) is 10.0 Å². The van der Waals surface area contributed by atoms with Crippen LogP contribution in [0.5, 0.6) is 0 Å². The van der Waals surface area contributed by atoms with Crippen molar-refractivity contribution in [3.8, 4) is 0 Å². The van der Waals surface area contributed by atoms with Gasteiger partial charge in [-0.1, -0.05) is 11.6 Å². The first-order valence-corrected chi connectivity index (χ1v) is 10.7. The Morgan fingerprint density at radius 1 is 1.29 bits per heavy atom. The van der Waals surface area contributed by atoms with Gasteiger partial charge in [0.15, 0.2) is 0 Å². The second kappa shape index (κ2) is 7.63. The van der Waals surface area contributed by atoms with E-state index < -0.39 is 10.0 Å². The molecule has 0 aliphatic carbocycles. The molecule has 1 saturated heterocycles. The molecule has 2 aromatic heterocycles. The highest BCUT2D eigenvalue weighted by Gasteiger charge is 2.30. The summed E-state index contributed by atoms with van der Waals surface area (Å²) in [6.45, 7) is 2.62. The minimum absolute atomic E-state index is 0.290. The molecule has 0 atom stereocenters. The summed E-state index contributed by atoms with van der Waals surface area (Å²) < 4.78 is 36.8. The number of piperazine rings is 1. The molecule has 1 aliphatic heterocycles. The predicted molar refractivity (Wildman–Crippen MR) is 95.8 cm³/mol. The van der Waals surface area contributed by atoms with Crippen molar-refractivity contribution in [3.63, 3.8) is 0 Å². The molecule has 0 N–H and O–H groups in total. The van der Waals surface area contributed by atoms with E-state index in [1.54, 1.807) is 19.2 Å². The zero-order valence-electron chi connectivity index (χ0n) is 13.0. The summed E-state index contributed by atoms with van der Waals surface area (Å²) in [5, 5.41) is 0.831. The van der Waals surface area contributed by atoms with E-state index in [0.29, 0.717) is 47.8 Å². The average molecular weight is 409 g/mol. The van der Waals surface area contributed by atoms with Crippen LogP contribution in [0.3, 0.4) is 0 Å². The number of methoxy groups -OCH3 is 1. The van der Waals surface area contributed by atoms with Crippen molar-refractivity contribution in [1.82, 2.24) is 13.7 Å². The minimum Gasteiger partial charge on any atom is -0.384 e. The van der Waals surface area contributed by atoms with Crippen LogP contribution in [0.15, 0.2) is 16.3 Å². The van der Waals surface area contributed by atoms with Gasteiger partial charge in [-0.3, -0.25) is 0 Å². The number of ether oxygens (including phenoxy) is 1. The van der Waals surface area contributed by atoms with Gasteiger partial charge in [-0.15, -0.1) is 11.3 Å². The molecule has 3 rings (SSSR count). The van der Waals surface area contributed by atoms with Crippen molar-refractivity contribution < 1.29 is 13.2 Å². The summed E-state index contributed by atoms with van der Waals surface area (Å²) in [4.78, 5) is 6.56. The lowest BCUT2D eigenvalue weighted by molar-refractivity contribution is 0.201. The van der Waals surface area contributed by atoms with Crippen molar-refractivity contribution >= 4 is 49.6 Å². The van der Waals surface area contributed by atoms with E-state index in [1.807, 2.05) is 0 Å². The summed E-state index contributed by atoms with van der Waals surface area (Å²) >= 11 is 8.28. The van der Waals surface area contributed by atoms with Gasteiger partial charge >= 0.3 is 0 Å². The van der Waals surface area contributed by atoms with Crippen LogP contribution in [0.2, 0.25) is 4.34 Å². The molecule has 0 bridgehead atoms. The van der Waals surface area contributed by atoms with Crippen molar-refractivity contribution in [1.29, 1.82) is 0 Å². The molecule has 7 nitrogen and oxygen atoms in total. The third-order valence-electron chi connectivity index (χ3n) is 3.64. The molecular weight excluding hydrogens is 392 g/mol. The van der Waals surface area contributed by atoms with Crippen molar-refractivity contribution in [2.24, 2.45) is 0 Å². The van der Waals surface area contributed by atoms with E-state index in [1.165, 1.54) is 15.8 Å². The molecule has 11 heteroatoms. The van der Waals surface area contributed by atoms with Crippen LogP contribution < -0.4 is 4.90 Å². The molecule has 3 heterocycles. The molecule has 0 spiro atoms. The number of hydrogen-bond acceptors (Lipinski definition) is 8. The normalized spacial score (nSPS) is 16.7. The molecule has 0 unspecified atom stereocenters. The fraction of sp³-hybridized carbons (Fsp3) is 0.538. The second-order valence-electron chi connectivity index (χ2n) is 5.19. The summed E-state index contributed by atoms with van der Waals surface area (Å²) in [6.07, 6.45) is 0.681. The van der Waals surface area contributed by atoms with Crippen LogP contribution in [0.1, 0.15) is 5.82 Å². The lowest BCUT2D eigenvalue weighted by atomic mass is 10.4. The van der Waals surface area contributed by atoms with Crippen LogP contribution in [-0.2, 0) is 21.2 Å². The van der Waals surface area contributed by atoms with Gasteiger partial charge in [0, 0.05) is 51.2 Å². The SMILES string of the molecule is COCCc1nsc(N2CCN(S(=O)(=O)c3ccc(Cl)s3)CC2)n1. The van der Waals surface area contributed by atoms with Gasteiger partial charge in [-0.25, -0.2) is 13.4 Å². The molecule has 0 amide bonds. The van der Waals surface area contributed by atoms with Crippen LogP contribution >= 0.6 is 34.5 Å². The molecule has 24 heavy (non-hydrogen) atoms. The summed E-state index contributed by atoms with van der Waals surface area (Å²) in [5.74, 6) is 0.764. The topological polar surface area (TPSA) is 75.6 Å². The Kier molecular flexibility index (Phi) is 5.73. The third-order valence-corrected chi connectivity index (χ3v) is 8.05. The monoisotopic (exact) mass is 408 g/mol. The van der Waals surface area contributed by atoms with Crippen LogP contribution in [0.25, 0.3) is 0 Å². The van der Waals surface area contributed by atoms with E-state index >= 15 is 0 Å². The number of nitrogens with zero attached hydrogens (tertiary/aromatic N) is 4. The highest BCUT2D eigenvalue weighted by molar-refractivity contribution is 7.91. The van der Waals surface area contributed by atoms with Gasteiger partial charge in [0.1, 0.15) is 10.0 Å². The van der Waals surface area contributed by atoms with Crippen molar-refractivity contribution in [3.05, 3.63) is 22.3 Å². The van der Waals surface area contributed by atoms with Crippen LogP contribution in [-0.4, -0.2) is 62.0 Å². The Labute approximate surface area is 154 Å². The molecule has 2 aromatic rings. The zero-order chi connectivity index (χ0) is 17.2. The lowest BCUT2D eigenvalue weighted by Crippen LogP contribution is -2.48. The standard InChI is InChI=1S/C13H17ClN4O3S3/c1-21-9-4-11-15-13(23-16-11)17-5-7-18(8-6-17)24(19,20)12-3-2-10(14)22-12/h2-3H,4-9H2,1H3. The maximum atomic E-state index is 12.6. The first-order chi connectivity index (χ1) is 11.5. The second-order valence-corrected chi connectivity index (χ2v) is 9.80. The van der Waals surface area contributed by atoms with E-state index in [-0.39, 0.29) is 0 Å². The number of halogens is 1. The quantitative estimate of drug-likeness (QED) is 0.727. The number of anilines is 1. The van der Waals surface area contributed by atoms with Crippen molar-refractivity contribution in [2.75, 3.05) is 44.8 Å². The van der Waals surface area contributed by atoms with Gasteiger partial charge in [0.2, 0.25) is 5.13 Å². The zero-order valence-corrected chi connectivity index (χ0v) is 16.2. The molecule has 1 aliphatic rings. The maximum absolute atomic E-state index is 12.6. The Balaban J connectivity index is 1.62. The Morgan fingerprint density at radius 2 is 2.04 bits per heavy atom. The third kappa shape index (κ3) is 3.89. The fourth-order valence-electron chi connectivity index (χ4n) is 2.35. The smallest absolute Gasteiger partial charge is 0.252 e. The van der Waals surface area contributed by atoms with E-state index in [9.17, 15) is 8.42 Å². The summed E-state index contributed by atoms with van der Waals surface area (Å²) in [5.41, 5.74) is 0. The van der Waals surface area contributed by atoms with Crippen molar-refractivity contribution in [2.45, 2.75) is 10.6 Å². The van der Waals surface area contributed by atoms with Gasteiger partial charge in [0.05, 0.1) is 10.9 Å². The summed E-state index contributed by atoms with van der Waals surface area (Å²) in [7, 11) is -1.82. The number of rotatable bonds is 6. The molecule has 1 fully saturated rings. The Bertz CT molecular complexity index is 784. The number of hydrogen-bond donors (Lipinski definition) is 0. The highest BCUT2D eigenvalue weighted by atomic mass is 35.5. The number of aromatic nitrogens is 2. The maximum Gasteiger partial charge on any atom is 0.252 e. The Morgan fingerprint density at radius 3 is 2.67 bits per heavy atom. The molecule has 0 aromatic carbocycles. The molecule has 132 valence electrons. The minimum atomic E-state index is -3.46. The number of sulfonamides is 1. The van der Waals surface area contributed by atoms with Crippen LogP contribution in [0, 0.1) is 0 Å². The molecule has 0 radical (unpaired) electrons. The lowest BCUT2D eigenvalue weighted by Gasteiger charge is -2.33. The first-order valence-electron chi connectivity index (χ1n) is 7.32. The van der Waals surface area contributed by atoms with Gasteiger partial charge < -0.3 is 9.64 Å². The Hall–Kier alpha value is -0.780. The van der Waals surface area contributed by atoms with E-state index in [2.05, 4.69) is 14.3 Å². The van der Waals surface area contributed by atoms with Gasteiger partial charge in [-0.2, -0.15) is 8.68 Å². The van der Waals surface area contributed by atoms with E-state index in [4.69, 9.17) is 16.3 Å². The molecular formula is C13H17ClN4O3S3. The molecule has 0 saturated carbocycles.